The molecule has 3 rings (SSSR count). The van der Waals surface area contributed by atoms with Gasteiger partial charge < -0.3 is 10.2 Å². The van der Waals surface area contributed by atoms with Gasteiger partial charge in [-0.3, -0.25) is 9.48 Å². The third kappa shape index (κ3) is 4.06. The van der Waals surface area contributed by atoms with Crippen LogP contribution in [-0.4, -0.2) is 45.0 Å². The maximum atomic E-state index is 12.0. The SMILES string of the molecule is Cn1cc(CCC(=O)NC[C@H]2CCCN2c2cccnn2)cn1. The van der Waals surface area contributed by atoms with Gasteiger partial charge in [-0.25, -0.2) is 0 Å². The number of nitrogens with one attached hydrogen (secondary N) is 1. The first-order chi connectivity index (χ1) is 11.2. The van der Waals surface area contributed by atoms with Crippen molar-refractivity contribution >= 4 is 11.7 Å². The number of aromatic nitrogens is 4. The second-order valence-electron chi connectivity index (χ2n) is 5.90. The average Bonchev–Trinajstić information content (AvgIpc) is 3.20. The molecule has 1 aliphatic rings. The first-order valence-electron chi connectivity index (χ1n) is 8.01. The second-order valence-corrected chi connectivity index (χ2v) is 5.90. The minimum Gasteiger partial charge on any atom is -0.354 e. The lowest BCUT2D eigenvalue weighted by Crippen LogP contribution is -2.40. The van der Waals surface area contributed by atoms with E-state index in [1.807, 2.05) is 25.4 Å². The third-order valence-electron chi connectivity index (χ3n) is 4.16. The van der Waals surface area contributed by atoms with Crippen molar-refractivity contribution in [1.29, 1.82) is 0 Å². The highest BCUT2D eigenvalue weighted by Gasteiger charge is 2.25. The predicted octanol–water partition coefficient (Wildman–Crippen LogP) is 0.928. The Labute approximate surface area is 135 Å². The summed E-state index contributed by atoms with van der Waals surface area (Å²) >= 11 is 0. The zero-order valence-corrected chi connectivity index (χ0v) is 13.4. The van der Waals surface area contributed by atoms with Crippen molar-refractivity contribution < 1.29 is 4.79 Å². The Bertz CT molecular complexity index is 641. The smallest absolute Gasteiger partial charge is 0.220 e. The number of hydrogen-bond acceptors (Lipinski definition) is 5. The highest BCUT2D eigenvalue weighted by Crippen LogP contribution is 2.22. The van der Waals surface area contributed by atoms with Crippen LogP contribution < -0.4 is 10.2 Å². The molecule has 7 heteroatoms. The number of amides is 1. The molecular weight excluding hydrogens is 292 g/mol. The lowest BCUT2D eigenvalue weighted by atomic mass is 10.2. The van der Waals surface area contributed by atoms with Gasteiger partial charge >= 0.3 is 0 Å². The summed E-state index contributed by atoms with van der Waals surface area (Å²) in [7, 11) is 1.88. The maximum Gasteiger partial charge on any atom is 0.220 e. The molecule has 122 valence electrons. The Kier molecular flexibility index (Phi) is 4.85. The molecule has 0 unspecified atom stereocenters. The molecule has 0 aliphatic carbocycles. The lowest BCUT2D eigenvalue weighted by Gasteiger charge is -2.25. The van der Waals surface area contributed by atoms with Gasteiger partial charge in [0.15, 0.2) is 5.82 Å². The van der Waals surface area contributed by atoms with Crippen molar-refractivity contribution in [1.82, 2.24) is 25.3 Å². The first kappa shape index (κ1) is 15.5. The standard InChI is InChI=1S/C16H22N6O/c1-21-12-13(10-19-21)6-7-16(23)17-11-14-4-3-9-22(14)15-5-2-8-18-20-15/h2,5,8,10,12,14H,3-4,6-7,9,11H2,1H3,(H,17,23)/t14-/m1/s1. The van der Waals surface area contributed by atoms with E-state index in [2.05, 4.69) is 25.5 Å². The van der Waals surface area contributed by atoms with Crippen LogP contribution in [0.3, 0.4) is 0 Å². The summed E-state index contributed by atoms with van der Waals surface area (Å²) in [6.45, 7) is 1.62. The van der Waals surface area contributed by atoms with Crippen LogP contribution in [0.1, 0.15) is 24.8 Å². The Morgan fingerprint density at radius 2 is 2.39 bits per heavy atom. The summed E-state index contributed by atoms with van der Waals surface area (Å²) in [6.07, 6.45) is 8.82. The summed E-state index contributed by atoms with van der Waals surface area (Å²) in [5, 5.41) is 15.3. The molecule has 2 aromatic rings. The molecule has 1 amide bonds. The summed E-state index contributed by atoms with van der Waals surface area (Å²) < 4.78 is 1.75. The molecule has 0 spiro atoms. The van der Waals surface area contributed by atoms with Crippen LogP contribution in [0.4, 0.5) is 5.82 Å². The van der Waals surface area contributed by atoms with E-state index in [-0.39, 0.29) is 5.91 Å². The molecule has 23 heavy (non-hydrogen) atoms. The van der Waals surface area contributed by atoms with E-state index in [0.29, 0.717) is 19.0 Å². The predicted molar refractivity (Wildman–Crippen MR) is 86.9 cm³/mol. The van der Waals surface area contributed by atoms with Gasteiger partial charge in [0.05, 0.1) is 6.20 Å². The van der Waals surface area contributed by atoms with Gasteiger partial charge in [-0.15, -0.1) is 5.10 Å². The van der Waals surface area contributed by atoms with Crippen molar-refractivity contribution in [3.8, 4) is 0 Å². The molecule has 2 aromatic heterocycles. The summed E-state index contributed by atoms with van der Waals surface area (Å²) in [4.78, 5) is 14.3. The summed E-state index contributed by atoms with van der Waals surface area (Å²) in [5.41, 5.74) is 1.09. The Hall–Kier alpha value is -2.44. The molecule has 1 N–H and O–H groups in total. The van der Waals surface area contributed by atoms with Gasteiger partial charge in [-0.1, -0.05) is 0 Å². The molecule has 7 nitrogen and oxygen atoms in total. The number of aryl methyl sites for hydroxylation is 2. The number of carbonyl (C=O) groups is 1. The van der Waals surface area contributed by atoms with Crippen LogP contribution in [0.15, 0.2) is 30.7 Å². The molecule has 0 radical (unpaired) electrons. The van der Waals surface area contributed by atoms with Gasteiger partial charge in [0.1, 0.15) is 0 Å². The van der Waals surface area contributed by atoms with Gasteiger partial charge in [-0.2, -0.15) is 10.2 Å². The van der Waals surface area contributed by atoms with Crippen molar-refractivity contribution in [2.45, 2.75) is 31.7 Å². The highest BCUT2D eigenvalue weighted by atomic mass is 16.1. The molecule has 1 atom stereocenters. The highest BCUT2D eigenvalue weighted by molar-refractivity contribution is 5.76. The number of carbonyl (C=O) groups excluding carboxylic acids is 1. The normalized spacial score (nSPS) is 17.4. The average molecular weight is 314 g/mol. The number of anilines is 1. The van der Waals surface area contributed by atoms with E-state index in [1.54, 1.807) is 17.1 Å². The molecule has 3 heterocycles. The van der Waals surface area contributed by atoms with Crippen LogP contribution in [0.25, 0.3) is 0 Å². The summed E-state index contributed by atoms with van der Waals surface area (Å²) in [6, 6.07) is 4.16. The van der Waals surface area contributed by atoms with E-state index >= 15 is 0 Å². The van der Waals surface area contributed by atoms with Crippen LogP contribution >= 0.6 is 0 Å². The maximum absolute atomic E-state index is 12.0. The van der Waals surface area contributed by atoms with Gasteiger partial charge in [-0.05, 0) is 37.0 Å². The fourth-order valence-corrected chi connectivity index (χ4v) is 2.97. The molecule has 1 aliphatic heterocycles. The first-order valence-corrected chi connectivity index (χ1v) is 8.01. The fourth-order valence-electron chi connectivity index (χ4n) is 2.97. The second kappa shape index (κ2) is 7.21. The van der Waals surface area contributed by atoms with Crippen LogP contribution in [-0.2, 0) is 18.3 Å². The summed E-state index contributed by atoms with van der Waals surface area (Å²) in [5.74, 6) is 0.972. The number of nitrogens with zero attached hydrogens (tertiary/aromatic N) is 5. The topological polar surface area (TPSA) is 75.9 Å². The Morgan fingerprint density at radius 3 is 3.13 bits per heavy atom. The Balaban J connectivity index is 1.46. The Morgan fingerprint density at radius 1 is 1.48 bits per heavy atom. The quantitative estimate of drug-likeness (QED) is 0.858. The van der Waals surface area contributed by atoms with Crippen molar-refractivity contribution in [2.24, 2.45) is 7.05 Å². The third-order valence-corrected chi connectivity index (χ3v) is 4.16. The van der Waals surface area contributed by atoms with Gasteiger partial charge in [0.25, 0.3) is 0 Å². The zero-order valence-electron chi connectivity index (χ0n) is 13.4. The van der Waals surface area contributed by atoms with E-state index in [4.69, 9.17) is 0 Å². The molecular formula is C16H22N6O. The van der Waals surface area contributed by atoms with Gasteiger partial charge in [0, 0.05) is 45.0 Å². The van der Waals surface area contributed by atoms with E-state index in [0.717, 1.165) is 37.2 Å². The van der Waals surface area contributed by atoms with Crippen molar-refractivity contribution in [2.75, 3.05) is 18.0 Å². The molecule has 1 fully saturated rings. The van der Waals surface area contributed by atoms with E-state index in [1.165, 1.54) is 0 Å². The van der Waals surface area contributed by atoms with Crippen LogP contribution in [0.2, 0.25) is 0 Å². The molecule has 1 saturated heterocycles. The number of hydrogen-bond donors (Lipinski definition) is 1. The van der Waals surface area contributed by atoms with Crippen LogP contribution in [0, 0.1) is 0 Å². The van der Waals surface area contributed by atoms with Crippen molar-refractivity contribution in [3.63, 3.8) is 0 Å². The minimum atomic E-state index is 0.0832. The minimum absolute atomic E-state index is 0.0832. The monoisotopic (exact) mass is 314 g/mol. The lowest BCUT2D eigenvalue weighted by molar-refractivity contribution is -0.121. The molecule has 0 bridgehead atoms. The zero-order chi connectivity index (χ0) is 16.1. The number of rotatable bonds is 6. The fraction of sp³-hybridized carbons (Fsp3) is 0.500. The van der Waals surface area contributed by atoms with Crippen molar-refractivity contribution in [3.05, 3.63) is 36.3 Å². The molecule has 0 saturated carbocycles. The van der Waals surface area contributed by atoms with E-state index in [9.17, 15) is 4.79 Å². The van der Waals surface area contributed by atoms with Crippen LogP contribution in [0.5, 0.6) is 0 Å². The molecule has 0 aromatic carbocycles. The van der Waals surface area contributed by atoms with Gasteiger partial charge in [0.2, 0.25) is 5.91 Å². The van der Waals surface area contributed by atoms with E-state index < -0.39 is 0 Å². The largest absolute Gasteiger partial charge is 0.354 e.